The molecule has 0 aromatic heterocycles. The molecule has 27 valence electrons. The third-order valence-electron chi connectivity index (χ3n) is 0. The minimum atomic E-state index is -0.363. The van der Waals surface area contributed by atoms with Gasteiger partial charge < -0.3 is 0 Å². The van der Waals surface area contributed by atoms with Gasteiger partial charge in [0, 0.05) is 16.8 Å². The summed E-state index contributed by atoms with van der Waals surface area (Å²) in [6.45, 7) is 0. The minimum absolute atomic E-state index is 0. The van der Waals surface area contributed by atoms with Gasteiger partial charge in [-0.2, -0.15) is 0 Å². The summed E-state index contributed by atoms with van der Waals surface area (Å²) in [7, 11) is 8.68. The number of hydrogen-bond acceptors (Lipinski definition) is 2. The molecule has 0 heterocycles. The number of rotatable bonds is 0. The van der Waals surface area contributed by atoms with Crippen LogP contribution in [0.3, 0.4) is 0 Å². The molecule has 0 bridgehead atoms. The average Bonchev–Trinajstić information content (AvgIpc) is 0.918. The second-order valence-corrected chi connectivity index (χ2v) is 3.62. The molecule has 1 radical (unpaired) electrons. The van der Waals surface area contributed by atoms with Gasteiger partial charge in [0.15, 0.2) is 0 Å². The van der Waals surface area contributed by atoms with Crippen LogP contribution >= 0.6 is 19.6 Å². The maximum absolute atomic E-state index is 4.34. The van der Waals surface area contributed by atoms with E-state index >= 15 is 0 Å². The summed E-state index contributed by atoms with van der Waals surface area (Å²) in [4.78, 5) is 0. The van der Waals surface area contributed by atoms with Crippen molar-refractivity contribution in [2.24, 2.45) is 0 Å². The van der Waals surface area contributed by atoms with Crippen molar-refractivity contribution in [2.75, 3.05) is 0 Å². The van der Waals surface area contributed by atoms with Crippen LogP contribution in [-0.2, 0) is 31.7 Å². The van der Waals surface area contributed by atoms with Crippen molar-refractivity contribution in [1.82, 2.24) is 0 Å². The van der Waals surface area contributed by atoms with E-state index in [2.05, 4.69) is 19.6 Å². The molecule has 0 nitrogen and oxygen atoms in total. The van der Waals surface area contributed by atoms with Crippen molar-refractivity contribution < 1.29 is 31.7 Å². The van der Waals surface area contributed by atoms with Gasteiger partial charge >= 0.3 is 34.6 Å². The van der Waals surface area contributed by atoms with E-state index in [1.54, 1.807) is 0 Å². The number of hydrogen-bond donors (Lipinski definition) is 0. The van der Waals surface area contributed by atoms with Gasteiger partial charge in [0.1, 0.15) is 0 Å². The van der Waals surface area contributed by atoms with Crippen LogP contribution in [0.5, 0.6) is 0 Å². The molecule has 4 heavy (non-hydrogen) atoms. The fourth-order valence-corrected chi connectivity index (χ4v) is 0. The summed E-state index contributed by atoms with van der Waals surface area (Å²) in [5.41, 5.74) is 0. The van der Waals surface area contributed by atoms with Crippen molar-refractivity contribution in [3.05, 3.63) is 0 Å². The van der Waals surface area contributed by atoms with Crippen LogP contribution in [0.25, 0.3) is 0 Å². The molecule has 0 saturated carbocycles. The summed E-state index contributed by atoms with van der Waals surface area (Å²) >= 11 is -0.363. The van der Waals surface area contributed by atoms with Crippen LogP contribution in [0.1, 0.15) is 0 Å². The quantitative estimate of drug-likeness (QED) is 0.563. The molecule has 0 spiro atoms. The molecule has 0 aromatic rings. The van der Waals surface area contributed by atoms with Gasteiger partial charge in [-0.3, -0.25) is 0 Å². The monoisotopic (exact) mass is 221 g/mol. The van der Waals surface area contributed by atoms with Gasteiger partial charge in [-0.1, -0.05) is 0 Å². The second-order valence-electron chi connectivity index (χ2n) is 0.0680. The predicted molar refractivity (Wildman–Crippen MR) is 15.2 cm³/mol. The van der Waals surface area contributed by atoms with Crippen LogP contribution < -0.4 is 0 Å². The van der Waals surface area contributed by atoms with E-state index in [1.807, 2.05) is 0 Å². The Hall–Kier alpha value is 1.63. The third-order valence-corrected chi connectivity index (χ3v) is 0. The van der Waals surface area contributed by atoms with Crippen molar-refractivity contribution in [1.29, 1.82) is 0 Å². The molecule has 0 saturated heterocycles. The van der Waals surface area contributed by atoms with Crippen molar-refractivity contribution in [3.8, 4) is 0 Å². The zero-order valence-electron chi connectivity index (χ0n) is 1.56. The molecule has 0 unspecified atom stereocenters. The first-order valence-corrected chi connectivity index (χ1v) is 5.92. The molecule has 0 amide bonds. The summed E-state index contributed by atoms with van der Waals surface area (Å²) in [6.07, 6.45) is 0. The average molecular weight is 219 g/mol. The Kier molecular flexibility index (Phi) is 20.2. The zero-order chi connectivity index (χ0) is 2.71. The van der Waals surface area contributed by atoms with E-state index in [0.717, 1.165) is 0 Å². The Morgan fingerprint density at radius 1 is 1.25 bits per heavy atom. The van der Waals surface area contributed by atoms with E-state index in [4.69, 9.17) is 0 Å². The summed E-state index contributed by atoms with van der Waals surface area (Å²) < 4.78 is 0. The molecule has 0 fully saturated rings. The molecular weight excluding hydrogens is 219 g/mol. The molecule has 0 aliphatic rings. The topological polar surface area (TPSA) is 0 Å². The third kappa shape index (κ3) is 9.44. The van der Waals surface area contributed by atoms with Crippen molar-refractivity contribution in [3.63, 3.8) is 0 Å². The van der Waals surface area contributed by atoms with Crippen LogP contribution in [0.2, 0.25) is 0 Å². The first-order chi connectivity index (χ1) is 1.41. The molecular formula is CoMoS2. The van der Waals surface area contributed by atoms with Crippen LogP contribution in [0.15, 0.2) is 0 Å². The maximum atomic E-state index is 4.34. The van der Waals surface area contributed by atoms with Crippen LogP contribution in [0.4, 0.5) is 0 Å². The van der Waals surface area contributed by atoms with E-state index in [-0.39, 0.29) is 31.7 Å². The van der Waals surface area contributed by atoms with E-state index < -0.39 is 0 Å². The Balaban J connectivity index is 0. The second kappa shape index (κ2) is 8.82. The van der Waals surface area contributed by atoms with E-state index in [9.17, 15) is 0 Å². The molecule has 0 atom stereocenters. The molecule has 0 N–H and O–H groups in total. The van der Waals surface area contributed by atoms with E-state index in [0.29, 0.717) is 0 Å². The predicted octanol–water partition coefficient (Wildman–Crippen LogP) is 1.29. The zero-order valence-corrected chi connectivity index (χ0v) is 6.24. The molecule has 0 aliphatic heterocycles. The Bertz CT molecular complexity index is 27.0. The fourth-order valence-electron chi connectivity index (χ4n) is 0. The SMILES string of the molecule is [Co].[S]=[Mo]=[S]. The Labute approximate surface area is 51.0 Å². The fraction of sp³-hybridized carbons (Fsp3) is 0. The van der Waals surface area contributed by atoms with Crippen molar-refractivity contribution in [2.45, 2.75) is 0 Å². The van der Waals surface area contributed by atoms with Crippen LogP contribution in [-0.4, -0.2) is 0 Å². The van der Waals surface area contributed by atoms with Gasteiger partial charge in [-0.25, -0.2) is 0 Å². The van der Waals surface area contributed by atoms with Gasteiger partial charge in [-0.15, -0.1) is 0 Å². The Morgan fingerprint density at radius 2 is 1.25 bits per heavy atom. The summed E-state index contributed by atoms with van der Waals surface area (Å²) in [5, 5.41) is 0. The van der Waals surface area contributed by atoms with Gasteiger partial charge in [0.2, 0.25) is 0 Å². The molecule has 0 aliphatic carbocycles. The normalized spacial score (nSPS) is 3.00. The van der Waals surface area contributed by atoms with E-state index in [1.165, 1.54) is 0 Å². The van der Waals surface area contributed by atoms with Crippen LogP contribution in [0, 0.1) is 0 Å². The molecule has 0 aromatic carbocycles. The standard InChI is InChI=1S/Co.Mo.2S. The van der Waals surface area contributed by atoms with Gasteiger partial charge in [-0.05, 0) is 0 Å². The van der Waals surface area contributed by atoms with Crippen molar-refractivity contribution >= 4 is 19.6 Å². The Morgan fingerprint density at radius 3 is 1.25 bits per heavy atom. The first kappa shape index (κ1) is 9.16. The van der Waals surface area contributed by atoms with Gasteiger partial charge in [0.25, 0.3) is 0 Å². The van der Waals surface area contributed by atoms with Gasteiger partial charge in [0.05, 0.1) is 0 Å². The molecule has 0 rings (SSSR count). The summed E-state index contributed by atoms with van der Waals surface area (Å²) in [6, 6.07) is 0. The first-order valence-electron chi connectivity index (χ1n) is 0.333. The molecule has 4 heteroatoms. The summed E-state index contributed by atoms with van der Waals surface area (Å²) in [5.74, 6) is 0.